The molecule has 16 heteroatoms. The zero-order chi connectivity index (χ0) is 43.3. The number of aliphatic hydroxyl groups is 8. The molecule has 5 heterocycles. The van der Waals surface area contributed by atoms with E-state index in [0.29, 0.717) is 52.9 Å². The van der Waals surface area contributed by atoms with Crippen LogP contribution < -0.4 is 5.32 Å². The van der Waals surface area contributed by atoms with Crippen LogP contribution in [0.3, 0.4) is 0 Å². The second kappa shape index (κ2) is 17.2. The first kappa shape index (κ1) is 45.5. The summed E-state index contributed by atoms with van der Waals surface area (Å²) in [5, 5.41) is 90.2. The van der Waals surface area contributed by atoms with Crippen molar-refractivity contribution in [1.82, 2.24) is 5.32 Å². The van der Waals surface area contributed by atoms with Gasteiger partial charge in [-0.2, -0.15) is 0 Å². The van der Waals surface area contributed by atoms with E-state index in [1.807, 2.05) is 0 Å². The average molecular weight is 870 g/mol. The fraction of sp³-hybridized carbons (Fsp3) is 1.00. The third-order valence-corrected chi connectivity index (χ3v) is 18.5. The Labute approximate surface area is 359 Å². The van der Waals surface area contributed by atoms with Crippen molar-refractivity contribution < 1.29 is 74.0 Å². The Kier molecular flexibility index (Phi) is 12.8. The maximum Gasteiger partial charge on any atom is 0.187 e. The van der Waals surface area contributed by atoms with Crippen LogP contribution in [0.2, 0.25) is 0 Å². The van der Waals surface area contributed by atoms with E-state index in [2.05, 4.69) is 33.0 Å². The minimum Gasteiger partial charge on any atom is -0.394 e. The number of nitrogens with one attached hydrogen (secondary N) is 1. The van der Waals surface area contributed by atoms with Crippen molar-refractivity contribution in [3.8, 4) is 0 Å². The number of rotatable bonds is 8. The maximum atomic E-state index is 11.5. The normalized spacial score (nSPS) is 58.5. The molecule has 0 aromatic carbocycles. The van der Waals surface area contributed by atoms with Gasteiger partial charge in [0.2, 0.25) is 0 Å². The molecule has 1 unspecified atom stereocenters. The molecule has 0 aromatic rings. The number of hydrogen-bond acceptors (Lipinski definition) is 16. The molecule has 0 aromatic heterocycles. The van der Waals surface area contributed by atoms with Crippen molar-refractivity contribution in [3.05, 3.63) is 0 Å². The summed E-state index contributed by atoms with van der Waals surface area (Å²) in [4.78, 5) is 0. The predicted octanol–water partition coefficient (Wildman–Crippen LogP) is 0.754. The van der Waals surface area contributed by atoms with Crippen LogP contribution in [0.4, 0.5) is 0 Å². The van der Waals surface area contributed by atoms with Gasteiger partial charge in [0.05, 0.1) is 38.1 Å². The van der Waals surface area contributed by atoms with Crippen LogP contribution in [0.15, 0.2) is 0 Å². The molecule has 61 heavy (non-hydrogen) atoms. The smallest absolute Gasteiger partial charge is 0.187 e. The molecule has 9 fully saturated rings. The van der Waals surface area contributed by atoms with Crippen LogP contribution in [0.1, 0.15) is 98.8 Å². The van der Waals surface area contributed by atoms with E-state index in [9.17, 15) is 40.9 Å². The maximum absolute atomic E-state index is 11.5. The van der Waals surface area contributed by atoms with E-state index in [4.69, 9.17) is 33.2 Å². The Hall–Kier alpha value is -0.640. The molecule has 350 valence electrons. The number of fused-ring (bicyclic) bond motifs is 7. The van der Waals surface area contributed by atoms with Gasteiger partial charge in [-0.3, -0.25) is 5.32 Å². The van der Waals surface area contributed by atoms with Gasteiger partial charge in [0, 0.05) is 18.4 Å². The van der Waals surface area contributed by atoms with E-state index in [1.54, 1.807) is 6.92 Å². The number of hydrogen-bond donors (Lipinski definition) is 9. The van der Waals surface area contributed by atoms with Gasteiger partial charge in [0.15, 0.2) is 18.9 Å². The molecule has 9 aliphatic rings. The molecule has 1 spiro atoms. The minimum atomic E-state index is -1.74. The first-order valence-corrected chi connectivity index (χ1v) is 23.6. The third kappa shape index (κ3) is 7.59. The van der Waals surface area contributed by atoms with Crippen molar-refractivity contribution in [2.24, 2.45) is 58.2 Å². The Morgan fingerprint density at radius 3 is 2.08 bits per heavy atom. The molecule has 16 nitrogen and oxygen atoms in total. The molecule has 0 bridgehead atoms. The Morgan fingerprint density at radius 1 is 0.656 bits per heavy atom. The van der Waals surface area contributed by atoms with Crippen LogP contribution in [0, 0.1) is 58.2 Å². The van der Waals surface area contributed by atoms with Crippen molar-refractivity contribution in [1.29, 1.82) is 0 Å². The molecule has 0 amide bonds. The zero-order valence-corrected chi connectivity index (χ0v) is 36.6. The lowest BCUT2D eigenvalue weighted by molar-refractivity contribution is -0.377. The monoisotopic (exact) mass is 870 g/mol. The largest absolute Gasteiger partial charge is 0.394 e. The Morgan fingerprint density at radius 2 is 1.36 bits per heavy atom. The Bertz CT molecular complexity index is 1520. The highest BCUT2D eigenvalue weighted by Crippen LogP contribution is 2.71. The number of ether oxygens (including phenoxy) is 7. The van der Waals surface area contributed by atoms with Crippen LogP contribution in [0.25, 0.3) is 0 Å². The topological polar surface area (TPSA) is 238 Å². The Balaban J connectivity index is 0.815. The first-order valence-electron chi connectivity index (χ1n) is 23.6. The van der Waals surface area contributed by atoms with Gasteiger partial charge in [-0.05, 0) is 111 Å². The van der Waals surface area contributed by atoms with Gasteiger partial charge < -0.3 is 74.0 Å². The summed E-state index contributed by atoms with van der Waals surface area (Å²) in [7, 11) is 0. The summed E-state index contributed by atoms with van der Waals surface area (Å²) >= 11 is 0. The minimum absolute atomic E-state index is 0.150. The summed E-state index contributed by atoms with van der Waals surface area (Å²) < 4.78 is 42.6. The summed E-state index contributed by atoms with van der Waals surface area (Å²) in [6.07, 6.45) is -7.37. The van der Waals surface area contributed by atoms with Crippen LogP contribution >= 0.6 is 0 Å². The molecule has 4 saturated carbocycles. The van der Waals surface area contributed by atoms with Gasteiger partial charge in [-0.15, -0.1) is 0 Å². The highest BCUT2D eigenvalue weighted by molar-refractivity contribution is 5.16. The SMILES string of the molecule is C[C@H]1CC[C@]2(NC1)O[C@H]1C[C@H]3[C@@H]4CC[C@H]5C[C@@H](O[C@@H]6O[C@H](CO)[C@H](O[C@H]7O[C@H](CO)[C@@H](O)[C@H](OC8OC[C@@H](O)[C@H](C)[C@H]8O)[C@H]7O)[C@H](O)[C@H]6O)CC[C@]5(C)[C@H]4CC[C@]3(C)[C@H]1[C@@H]2C. The van der Waals surface area contributed by atoms with Gasteiger partial charge >= 0.3 is 0 Å². The summed E-state index contributed by atoms with van der Waals surface area (Å²) in [6.45, 7) is 11.1. The van der Waals surface area contributed by atoms with Gasteiger partial charge in [-0.25, -0.2) is 0 Å². The van der Waals surface area contributed by atoms with Crippen LogP contribution in [0.5, 0.6) is 0 Å². The second-order valence-electron chi connectivity index (χ2n) is 21.6. The van der Waals surface area contributed by atoms with Gasteiger partial charge in [0.25, 0.3) is 0 Å². The fourth-order valence-electron chi connectivity index (χ4n) is 14.7. The van der Waals surface area contributed by atoms with E-state index in [1.165, 1.54) is 32.1 Å². The molecule has 5 saturated heterocycles. The van der Waals surface area contributed by atoms with Gasteiger partial charge in [-0.1, -0.05) is 34.6 Å². The predicted molar refractivity (Wildman–Crippen MR) is 215 cm³/mol. The van der Waals surface area contributed by atoms with Crippen molar-refractivity contribution in [3.63, 3.8) is 0 Å². The third-order valence-electron chi connectivity index (χ3n) is 18.5. The van der Waals surface area contributed by atoms with Crippen molar-refractivity contribution >= 4 is 0 Å². The molecule has 5 aliphatic heterocycles. The van der Waals surface area contributed by atoms with E-state index in [-0.39, 0.29) is 23.9 Å². The zero-order valence-electron chi connectivity index (χ0n) is 36.6. The van der Waals surface area contributed by atoms with Crippen LogP contribution in [-0.2, 0) is 33.2 Å². The van der Waals surface area contributed by atoms with E-state index < -0.39 is 99.0 Å². The highest BCUT2D eigenvalue weighted by atomic mass is 16.8. The van der Waals surface area contributed by atoms with E-state index >= 15 is 0 Å². The lowest BCUT2D eigenvalue weighted by Crippen LogP contribution is -2.66. The second-order valence-corrected chi connectivity index (χ2v) is 21.6. The summed E-state index contributed by atoms with van der Waals surface area (Å²) in [5.41, 5.74) is 0.310. The molecule has 9 rings (SSSR count). The fourth-order valence-corrected chi connectivity index (χ4v) is 14.7. The highest BCUT2D eigenvalue weighted by Gasteiger charge is 2.69. The molecular formula is C45H75NO15. The van der Waals surface area contributed by atoms with Crippen LogP contribution in [-0.4, -0.2) is 165 Å². The van der Waals surface area contributed by atoms with Crippen molar-refractivity contribution in [2.45, 2.75) is 197 Å². The summed E-state index contributed by atoms with van der Waals surface area (Å²) in [6, 6.07) is 0. The number of piperidine rings is 1. The first-order chi connectivity index (χ1) is 29.0. The molecule has 26 atom stereocenters. The molecular weight excluding hydrogens is 794 g/mol. The lowest BCUT2D eigenvalue weighted by Gasteiger charge is -2.61. The standard InChI is InChI=1S/C45H75NO15/c1-20-8-13-45(46-16-20)22(3)32-29(61-45)15-27-25-7-6-23-14-24(9-11-43(23,4)26(25)10-12-44(27,32)5)56-41-36(53)35(52)38(31(18-48)58-41)59-42-37(54)39(34(51)30(17-47)57-42)60-40-33(50)21(2)28(49)19-55-40/h20-42,46-54H,6-19H2,1-5H3/t20-,21-,22-,23-,24-,25+,26-,27-,28+,29-,30+,31+,32-,33+,34+,35+,36+,37+,38-,39-,40?,41+,42+,43-,44-,45-/m0/s1. The quantitative estimate of drug-likeness (QED) is 0.153. The summed E-state index contributed by atoms with van der Waals surface area (Å²) in [5.74, 6) is 3.61. The number of aliphatic hydroxyl groups excluding tert-OH is 8. The van der Waals surface area contributed by atoms with E-state index in [0.717, 1.165) is 38.6 Å². The average Bonchev–Trinajstić information content (AvgIpc) is 3.69. The molecule has 4 aliphatic carbocycles. The van der Waals surface area contributed by atoms with Crippen molar-refractivity contribution in [2.75, 3.05) is 26.4 Å². The molecule has 9 N–H and O–H groups in total. The van der Waals surface area contributed by atoms with Gasteiger partial charge in [0.1, 0.15) is 60.7 Å². The molecule has 0 radical (unpaired) electrons. The lowest BCUT2D eigenvalue weighted by atomic mass is 9.44.